The van der Waals surface area contributed by atoms with Gasteiger partial charge in [0.1, 0.15) is 0 Å². The van der Waals surface area contributed by atoms with Crippen molar-refractivity contribution < 1.29 is 4.79 Å². The fourth-order valence-corrected chi connectivity index (χ4v) is 1.51. The van der Waals surface area contributed by atoms with Crippen molar-refractivity contribution in [2.45, 2.75) is 32.6 Å². The van der Waals surface area contributed by atoms with Crippen molar-refractivity contribution in [3.05, 3.63) is 0 Å². The lowest BCUT2D eigenvalue weighted by atomic mass is 10.2. The third kappa shape index (κ3) is 4.32. The average Bonchev–Trinajstić information content (AvgIpc) is 2.53. The van der Waals surface area contributed by atoms with Crippen LogP contribution in [0.15, 0.2) is 4.99 Å². The van der Waals surface area contributed by atoms with E-state index in [0.29, 0.717) is 6.54 Å². The van der Waals surface area contributed by atoms with E-state index in [-0.39, 0.29) is 5.91 Å². The molecule has 0 spiro atoms. The van der Waals surface area contributed by atoms with Gasteiger partial charge < -0.3 is 10.2 Å². The Balaban J connectivity index is 2.29. The van der Waals surface area contributed by atoms with E-state index in [0.717, 1.165) is 25.3 Å². The second-order valence-electron chi connectivity index (χ2n) is 3.90. The molecule has 4 nitrogen and oxygen atoms in total. The summed E-state index contributed by atoms with van der Waals surface area (Å²) in [5.41, 5.74) is 0. The molecule has 0 atom stereocenters. The highest BCUT2D eigenvalue weighted by Gasteiger charge is 2.08. The van der Waals surface area contributed by atoms with Crippen molar-refractivity contribution in [3.63, 3.8) is 0 Å². The van der Waals surface area contributed by atoms with Crippen molar-refractivity contribution in [1.29, 1.82) is 0 Å². The molecule has 0 saturated carbocycles. The molecule has 1 N–H and O–H groups in total. The summed E-state index contributed by atoms with van der Waals surface area (Å²) >= 11 is 0. The first-order valence-corrected chi connectivity index (χ1v) is 5.75. The van der Waals surface area contributed by atoms with Crippen molar-refractivity contribution in [2.75, 3.05) is 26.7 Å². The van der Waals surface area contributed by atoms with Crippen LogP contribution in [0.4, 0.5) is 0 Å². The Kier molecular flexibility index (Phi) is 5.15. The number of carbonyl (C=O) groups excluding carboxylic acids is 1. The summed E-state index contributed by atoms with van der Waals surface area (Å²) < 4.78 is 0. The number of rotatable bonds is 3. The molecule has 0 aromatic heterocycles. The first-order valence-electron chi connectivity index (χ1n) is 5.75. The normalized spacial score (nSPS) is 16.5. The number of amidine groups is 1. The average molecular weight is 211 g/mol. The lowest BCUT2D eigenvalue weighted by Crippen LogP contribution is -2.37. The van der Waals surface area contributed by atoms with Crippen molar-refractivity contribution in [2.24, 2.45) is 4.99 Å². The maximum atomic E-state index is 11.5. The third-order valence-electron chi connectivity index (χ3n) is 2.72. The Hall–Kier alpha value is -1.06. The zero-order valence-electron chi connectivity index (χ0n) is 9.75. The van der Waals surface area contributed by atoms with Crippen LogP contribution in [0.25, 0.3) is 0 Å². The highest BCUT2D eigenvalue weighted by Crippen LogP contribution is 2.05. The lowest BCUT2D eigenvalue weighted by Gasteiger charge is -2.15. The third-order valence-corrected chi connectivity index (χ3v) is 2.72. The van der Waals surface area contributed by atoms with E-state index in [4.69, 9.17) is 0 Å². The summed E-state index contributed by atoms with van der Waals surface area (Å²) in [5.74, 6) is 1.13. The van der Waals surface area contributed by atoms with E-state index in [1.54, 1.807) is 4.90 Å². The number of nitrogens with zero attached hydrogens (tertiary/aromatic N) is 2. The van der Waals surface area contributed by atoms with Crippen LogP contribution in [0.2, 0.25) is 0 Å². The largest absolute Gasteiger partial charge is 0.365 e. The Labute approximate surface area is 91.7 Å². The molecular weight excluding hydrogens is 190 g/mol. The molecule has 0 aromatic carbocycles. The molecule has 1 rings (SSSR count). The van der Waals surface area contributed by atoms with Crippen molar-refractivity contribution in [1.82, 2.24) is 10.2 Å². The fraction of sp³-hybridized carbons (Fsp3) is 0.818. The van der Waals surface area contributed by atoms with Gasteiger partial charge in [-0.1, -0.05) is 6.42 Å². The fourth-order valence-electron chi connectivity index (χ4n) is 1.51. The van der Waals surface area contributed by atoms with Crippen LogP contribution < -0.4 is 5.32 Å². The summed E-state index contributed by atoms with van der Waals surface area (Å²) in [7, 11) is 1.82. The van der Waals surface area contributed by atoms with Gasteiger partial charge in [0.05, 0.1) is 12.4 Å². The maximum Gasteiger partial charge on any atom is 0.241 e. The quantitative estimate of drug-likeness (QED) is 0.757. The van der Waals surface area contributed by atoms with Crippen LogP contribution in [0.5, 0.6) is 0 Å². The van der Waals surface area contributed by atoms with E-state index in [9.17, 15) is 4.79 Å². The van der Waals surface area contributed by atoms with Gasteiger partial charge in [0.25, 0.3) is 0 Å². The predicted molar refractivity (Wildman–Crippen MR) is 62.1 cm³/mol. The molecule has 15 heavy (non-hydrogen) atoms. The van der Waals surface area contributed by atoms with E-state index < -0.39 is 0 Å². The van der Waals surface area contributed by atoms with E-state index in [2.05, 4.69) is 10.3 Å². The second-order valence-corrected chi connectivity index (χ2v) is 3.90. The van der Waals surface area contributed by atoms with Gasteiger partial charge in [-0.15, -0.1) is 0 Å². The topological polar surface area (TPSA) is 44.7 Å². The molecule has 0 unspecified atom stereocenters. The molecule has 0 bridgehead atoms. The second kappa shape index (κ2) is 6.43. The maximum absolute atomic E-state index is 11.5. The zero-order chi connectivity index (χ0) is 11.1. The van der Waals surface area contributed by atoms with Crippen LogP contribution in [0.1, 0.15) is 32.6 Å². The van der Waals surface area contributed by atoms with Gasteiger partial charge in [0, 0.05) is 26.6 Å². The van der Waals surface area contributed by atoms with Crippen LogP contribution in [0, 0.1) is 0 Å². The molecule has 4 heteroatoms. The number of nitrogens with one attached hydrogen (secondary N) is 1. The highest BCUT2D eigenvalue weighted by molar-refractivity contribution is 5.87. The summed E-state index contributed by atoms with van der Waals surface area (Å²) in [4.78, 5) is 17.6. The smallest absolute Gasteiger partial charge is 0.241 e. The standard InChI is InChI=1S/C11H21N3O/c1-3-14(2)11(15)9-13-10-7-5-4-6-8-12-10/h3-9H2,1-2H3,(H,12,13). The van der Waals surface area contributed by atoms with E-state index in [1.807, 2.05) is 14.0 Å². The molecule has 86 valence electrons. The van der Waals surface area contributed by atoms with Gasteiger partial charge in [-0.3, -0.25) is 9.79 Å². The molecule has 0 aromatic rings. The number of aliphatic imine (C=N–C) groups is 1. The SMILES string of the molecule is CCN(C)C(=O)CNC1=NCCCCC1. The Morgan fingerprint density at radius 2 is 2.27 bits per heavy atom. The molecule has 1 heterocycles. The molecule has 0 aliphatic carbocycles. The number of carbonyl (C=O) groups is 1. The molecule has 1 aliphatic rings. The van der Waals surface area contributed by atoms with Crippen molar-refractivity contribution >= 4 is 11.7 Å². The summed E-state index contributed by atoms with van der Waals surface area (Å²) in [6.45, 7) is 4.01. The number of hydrogen-bond donors (Lipinski definition) is 1. The van der Waals surface area contributed by atoms with Gasteiger partial charge >= 0.3 is 0 Å². The first-order chi connectivity index (χ1) is 7.24. The van der Waals surface area contributed by atoms with Gasteiger partial charge in [-0.2, -0.15) is 0 Å². The molecule has 0 radical (unpaired) electrons. The Morgan fingerprint density at radius 3 is 3.00 bits per heavy atom. The summed E-state index contributed by atoms with van der Waals surface area (Å²) in [6, 6.07) is 0. The molecule has 1 aliphatic heterocycles. The van der Waals surface area contributed by atoms with Crippen molar-refractivity contribution in [3.8, 4) is 0 Å². The number of hydrogen-bond acceptors (Lipinski definition) is 3. The first kappa shape index (κ1) is 12.0. The van der Waals surface area contributed by atoms with Gasteiger partial charge in [-0.25, -0.2) is 0 Å². The van der Waals surface area contributed by atoms with Crippen LogP contribution >= 0.6 is 0 Å². The van der Waals surface area contributed by atoms with Gasteiger partial charge in [-0.05, 0) is 19.8 Å². The molecule has 0 saturated heterocycles. The van der Waals surface area contributed by atoms with E-state index in [1.165, 1.54) is 19.3 Å². The lowest BCUT2D eigenvalue weighted by molar-refractivity contribution is -0.128. The van der Waals surface area contributed by atoms with E-state index >= 15 is 0 Å². The number of amides is 1. The van der Waals surface area contributed by atoms with Gasteiger partial charge in [0.2, 0.25) is 5.91 Å². The predicted octanol–water partition coefficient (Wildman–Crippen LogP) is 1.03. The zero-order valence-corrected chi connectivity index (χ0v) is 9.75. The monoisotopic (exact) mass is 211 g/mol. The highest BCUT2D eigenvalue weighted by atomic mass is 16.2. The summed E-state index contributed by atoms with van der Waals surface area (Å²) in [6.07, 6.45) is 4.60. The molecule has 0 fully saturated rings. The minimum absolute atomic E-state index is 0.129. The van der Waals surface area contributed by atoms with Crippen LogP contribution in [0.3, 0.4) is 0 Å². The minimum atomic E-state index is 0.129. The summed E-state index contributed by atoms with van der Waals surface area (Å²) in [5, 5.41) is 3.14. The number of likely N-dealkylation sites (N-methyl/N-ethyl adjacent to an activating group) is 1. The van der Waals surface area contributed by atoms with Gasteiger partial charge in [0.15, 0.2) is 0 Å². The molecular formula is C11H21N3O. The minimum Gasteiger partial charge on any atom is -0.365 e. The Morgan fingerprint density at radius 1 is 1.47 bits per heavy atom. The van der Waals surface area contributed by atoms with Crippen LogP contribution in [-0.2, 0) is 4.79 Å². The molecule has 1 amide bonds. The Bertz CT molecular complexity index is 238. The van der Waals surface area contributed by atoms with Crippen LogP contribution in [-0.4, -0.2) is 43.3 Å².